The molecule has 114 valence electrons. The minimum atomic E-state index is -0.711. The van der Waals surface area contributed by atoms with Crippen molar-refractivity contribution in [3.05, 3.63) is 39.7 Å². The van der Waals surface area contributed by atoms with Gasteiger partial charge in [0, 0.05) is 25.2 Å². The highest BCUT2D eigenvalue weighted by atomic mass is 19.1. The smallest absolute Gasteiger partial charge is 0.270 e. The number of nitro benzene ring substituents is 1. The zero-order valence-corrected chi connectivity index (χ0v) is 12.2. The maximum absolute atomic E-state index is 13.8. The van der Waals surface area contributed by atoms with Crippen LogP contribution in [0.4, 0.5) is 10.1 Å². The number of nitrogens with zero attached hydrogens (tertiary/aromatic N) is 2. The fourth-order valence-corrected chi connectivity index (χ4v) is 2.73. The van der Waals surface area contributed by atoms with Crippen molar-refractivity contribution in [1.82, 2.24) is 4.90 Å². The molecule has 0 radical (unpaired) electrons. The molecule has 21 heavy (non-hydrogen) atoms. The van der Waals surface area contributed by atoms with E-state index in [2.05, 4.69) is 13.8 Å². The molecule has 1 amide bonds. The zero-order chi connectivity index (χ0) is 15.6. The summed E-state index contributed by atoms with van der Waals surface area (Å²) in [6.07, 6.45) is 1.78. The van der Waals surface area contributed by atoms with Crippen LogP contribution in [0.1, 0.15) is 37.0 Å². The summed E-state index contributed by atoms with van der Waals surface area (Å²) in [5, 5.41) is 10.7. The number of amides is 1. The third-order valence-corrected chi connectivity index (χ3v) is 4.16. The lowest BCUT2D eigenvalue weighted by atomic mass is 9.86. The molecule has 0 aromatic heterocycles. The topological polar surface area (TPSA) is 63.5 Å². The molecule has 1 fully saturated rings. The summed E-state index contributed by atoms with van der Waals surface area (Å²) in [6, 6.07) is 3.07. The van der Waals surface area contributed by atoms with E-state index in [1.54, 1.807) is 4.90 Å². The number of hydrogen-bond donors (Lipinski definition) is 0. The lowest BCUT2D eigenvalue weighted by molar-refractivity contribution is -0.384. The van der Waals surface area contributed by atoms with Crippen LogP contribution in [-0.2, 0) is 0 Å². The molecule has 0 spiro atoms. The molecular formula is C15H19FN2O3. The molecule has 5 nitrogen and oxygen atoms in total. The lowest BCUT2D eigenvalue weighted by Gasteiger charge is -2.33. The van der Waals surface area contributed by atoms with E-state index in [1.165, 1.54) is 0 Å². The Hall–Kier alpha value is -1.98. The molecule has 0 unspecified atom stereocenters. The predicted molar refractivity (Wildman–Crippen MR) is 76.5 cm³/mol. The number of piperidine rings is 1. The van der Waals surface area contributed by atoms with E-state index in [-0.39, 0.29) is 11.3 Å². The van der Waals surface area contributed by atoms with Crippen LogP contribution in [0.2, 0.25) is 0 Å². The van der Waals surface area contributed by atoms with Crippen LogP contribution < -0.4 is 0 Å². The molecule has 0 aliphatic carbocycles. The van der Waals surface area contributed by atoms with Crippen molar-refractivity contribution in [3.8, 4) is 0 Å². The summed E-state index contributed by atoms with van der Waals surface area (Å²) in [7, 11) is 0. The molecule has 2 rings (SSSR count). The highest BCUT2D eigenvalue weighted by molar-refractivity contribution is 5.95. The van der Waals surface area contributed by atoms with Crippen molar-refractivity contribution in [3.63, 3.8) is 0 Å². The summed E-state index contributed by atoms with van der Waals surface area (Å²) >= 11 is 0. The molecule has 0 atom stereocenters. The number of benzene rings is 1. The zero-order valence-electron chi connectivity index (χ0n) is 12.2. The maximum atomic E-state index is 13.8. The van der Waals surface area contributed by atoms with Crippen LogP contribution in [0, 0.1) is 27.8 Å². The van der Waals surface area contributed by atoms with Gasteiger partial charge in [-0.05, 0) is 30.7 Å². The number of likely N-dealkylation sites (tertiary alicyclic amines) is 1. The number of carbonyl (C=O) groups excluding carboxylic acids is 1. The van der Waals surface area contributed by atoms with Crippen LogP contribution in [0.3, 0.4) is 0 Å². The SMILES string of the molecule is CC(C)C1CCN(C(=O)c2cc([N+](=O)[O-])ccc2F)CC1. The Bertz CT molecular complexity index is 552. The van der Waals surface area contributed by atoms with E-state index in [0.29, 0.717) is 24.9 Å². The largest absolute Gasteiger partial charge is 0.339 e. The van der Waals surface area contributed by atoms with Crippen LogP contribution in [0.15, 0.2) is 18.2 Å². The maximum Gasteiger partial charge on any atom is 0.270 e. The minimum absolute atomic E-state index is 0.216. The average molecular weight is 294 g/mol. The van der Waals surface area contributed by atoms with Gasteiger partial charge >= 0.3 is 0 Å². The summed E-state index contributed by atoms with van der Waals surface area (Å²) < 4.78 is 13.8. The summed E-state index contributed by atoms with van der Waals surface area (Å²) in [4.78, 5) is 24.0. The Morgan fingerprint density at radius 2 is 2.00 bits per heavy atom. The predicted octanol–water partition coefficient (Wildman–Crippen LogP) is 3.24. The molecule has 0 saturated carbocycles. The van der Waals surface area contributed by atoms with Gasteiger partial charge in [0.05, 0.1) is 10.5 Å². The second-order valence-electron chi connectivity index (χ2n) is 5.79. The molecule has 1 aromatic carbocycles. The van der Waals surface area contributed by atoms with E-state index >= 15 is 0 Å². The number of rotatable bonds is 3. The Balaban J connectivity index is 2.14. The number of halogens is 1. The highest BCUT2D eigenvalue weighted by Gasteiger charge is 2.27. The molecular weight excluding hydrogens is 275 g/mol. The first-order valence-corrected chi connectivity index (χ1v) is 7.13. The quantitative estimate of drug-likeness (QED) is 0.635. The first-order chi connectivity index (χ1) is 9.90. The van der Waals surface area contributed by atoms with E-state index in [4.69, 9.17) is 0 Å². The minimum Gasteiger partial charge on any atom is -0.339 e. The van der Waals surface area contributed by atoms with Crippen molar-refractivity contribution in [2.75, 3.05) is 13.1 Å². The summed E-state index contributed by atoms with van der Waals surface area (Å²) in [5.74, 6) is -0.0317. The molecule has 1 aliphatic rings. The Morgan fingerprint density at radius 3 is 2.52 bits per heavy atom. The fourth-order valence-electron chi connectivity index (χ4n) is 2.73. The van der Waals surface area contributed by atoms with E-state index in [1.807, 2.05) is 0 Å². The number of carbonyl (C=O) groups is 1. The van der Waals surface area contributed by atoms with Gasteiger partial charge in [-0.15, -0.1) is 0 Å². The van der Waals surface area contributed by atoms with Gasteiger partial charge in [-0.1, -0.05) is 13.8 Å². The second-order valence-corrected chi connectivity index (χ2v) is 5.79. The first kappa shape index (κ1) is 15.4. The van der Waals surface area contributed by atoms with Crippen molar-refractivity contribution < 1.29 is 14.1 Å². The van der Waals surface area contributed by atoms with E-state index in [9.17, 15) is 19.3 Å². The van der Waals surface area contributed by atoms with Gasteiger partial charge in [0.15, 0.2) is 0 Å². The third kappa shape index (κ3) is 3.37. The van der Waals surface area contributed by atoms with Crippen molar-refractivity contribution in [2.45, 2.75) is 26.7 Å². The van der Waals surface area contributed by atoms with Crippen LogP contribution in [0.5, 0.6) is 0 Å². The van der Waals surface area contributed by atoms with Crippen LogP contribution >= 0.6 is 0 Å². The molecule has 1 heterocycles. The third-order valence-electron chi connectivity index (χ3n) is 4.16. The second kappa shape index (κ2) is 6.20. The molecule has 1 saturated heterocycles. The van der Waals surface area contributed by atoms with E-state index in [0.717, 1.165) is 31.0 Å². The summed E-state index contributed by atoms with van der Waals surface area (Å²) in [5.41, 5.74) is -0.482. The monoisotopic (exact) mass is 294 g/mol. The fraction of sp³-hybridized carbons (Fsp3) is 0.533. The van der Waals surface area contributed by atoms with Crippen molar-refractivity contribution in [2.24, 2.45) is 11.8 Å². The van der Waals surface area contributed by atoms with Crippen LogP contribution in [-0.4, -0.2) is 28.8 Å². The molecule has 0 bridgehead atoms. The highest BCUT2D eigenvalue weighted by Crippen LogP contribution is 2.26. The van der Waals surface area contributed by atoms with Crippen molar-refractivity contribution in [1.29, 1.82) is 0 Å². The van der Waals surface area contributed by atoms with Gasteiger partial charge in [-0.3, -0.25) is 14.9 Å². The average Bonchev–Trinajstić information content (AvgIpc) is 2.47. The standard InChI is InChI=1S/C15H19FN2O3/c1-10(2)11-5-7-17(8-6-11)15(19)13-9-12(18(20)21)3-4-14(13)16/h3-4,9-11H,5-8H2,1-2H3. The van der Waals surface area contributed by atoms with E-state index < -0.39 is 16.6 Å². The molecule has 6 heteroatoms. The van der Waals surface area contributed by atoms with Gasteiger partial charge in [-0.25, -0.2) is 4.39 Å². The molecule has 0 N–H and O–H groups in total. The normalized spacial score (nSPS) is 16.3. The Kier molecular flexibility index (Phi) is 4.55. The Labute approximate surface area is 122 Å². The van der Waals surface area contributed by atoms with Gasteiger partial charge in [-0.2, -0.15) is 0 Å². The summed E-state index contributed by atoms with van der Waals surface area (Å²) in [6.45, 7) is 5.46. The number of hydrogen-bond acceptors (Lipinski definition) is 3. The van der Waals surface area contributed by atoms with Gasteiger partial charge in [0.1, 0.15) is 5.82 Å². The molecule has 1 aromatic rings. The Morgan fingerprint density at radius 1 is 1.38 bits per heavy atom. The van der Waals surface area contributed by atoms with Gasteiger partial charge < -0.3 is 4.90 Å². The first-order valence-electron chi connectivity index (χ1n) is 7.13. The lowest BCUT2D eigenvalue weighted by Crippen LogP contribution is -2.39. The van der Waals surface area contributed by atoms with Gasteiger partial charge in [0.25, 0.3) is 11.6 Å². The number of non-ortho nitro benzene ring substituents is 1. The van der Waals surface area contributed by atoms with Crippen molar-refractivity contribution >= 4 is 11.6 Å². The van der Waals surface area contributed by atoms with Gasteiger partial charge in [0.2, 0.25) is 0 Å². The number of nitro groups is 1. The molecule has 1 aliphatic heterocycles. The van der Waals surface area contributed by atoms with Crippen LogP contribution in [0.25, 0.3) is 0 Å².